The molecule has 0 unspecified atom stereocenters. The third-order valence-corrected chi connectivity index (χ3v) is 6.66. The van der Waals surface area contributed by atoms with Crippen molar-refractivity contribution in [1.29, 1.82) is 0 Å². The lowest BCUT2D eigenvalue weighted by Crippen LogP contribution is -2.44. The van der Waals surface area contributed by atoms with Crippen LogP contribution in [0.2, 0.25) is 0 Å². The number of aromatic nitrogens is 4. The minimum Gasteiger partial charge on any atom is -0.467 e. The summed E-state index contributed by atoms with van der Waals surface area (Å²) in [5, 5.41) is 5.93. The summed E-state index contributed by atoms with van der Waals surface area (Å²) in [7, 11) is 3.41. The van der Waals surface area contributed by atoms with Gasteiger partial charge in [0.2, 0.25) is 0 Å². The van der Waals surface area contributed by atoms with Gasteiger partial charge >= 0.3 is 12.2 Å². The molecule has 208 valence electrons. The third kappa shape index (κ3) is 5.88. The summed E-state index contributed by atoms with van der Waals surface area (Å²) in [6.45, 7) is 4.44. The molecule has 0 radical (unpaired) electrons. The quantitative estimate of drug-likeness (QED) is 0.357. The summed E-state index contributed by atoms with van der Waals surface area (Å²) >= 11 is 0. The Bertz CT molecular complexity index is 1560. The van der Waals surface area contributed by atoms with E-state index in [-0.39, 0.29) is 11.6 Å². The fourth-order valence-electron chi connectivity index (χ4n) is 4.35. The van der Waals surface area contributed by atoms with E-state index in [2.05, 4.69) is 35.5 Å². The summed E-state index contributed by atoms with van der Waals surface area (Å²) in [4.78, 5) is 34.0. The zero-order valence-electron chi connectivity index (χ0n) is 22.1. The van der Waals surface area contributed by atoms with Crippen LogP contribution in [0.3, 0.4) is 0 Å². The van der Waals surface area contributed by atoms with Gasteiger partial charge in [0.15, 0.2) is 5.82 Å². The van der Waals surface area contributed by atoms with Crippen molar-refractivity contribution in [2.24, 2.45) is 0 Å². The van der Waals surface area contributed by atoms with Crippen molar-refractivity contribution in [3.05, 3.63) is 65.6 Å². The molecule has 40 heavy (non-hydrogen) atoms. The van der Waals surface area contributed by atoms with E-state index in [0.717, 1.165) is 30.8 Å². The van der Waals surface area contributed by atoms with Crippen LogP contribution in [0.5, 0.6) is 6.01 Å². The number of hydrogen-bond acceptors (Lipinski definition) is 9. The molecule has 1 fully saturated rings. The number of hydrogen-bond donors (Lipinski definition) is 2. The van der Waals surface area contributed by atoms with Crippen molar-refractivity contribution in [3.8, 4) is 6.01 Å². The average Bonchev–Trinajstić information content (AvgIpc) is 2.94. The standard InChI is InChI=1S/C27H27F3N8O2/c1-16-4-5-19(13-21(16)35-24-23-22(32-15-33-24)14-31-26(36-23)40-3)34-25(39)17-10-18(27(28,29)30)12-20(11-17)38-8-6-37(2)7-9-38/h4-5,10-15H,6-9H2,1-3H3,(H,34,39)(H,32,33,35). The Morgan fingerprint density at radius 2 is 1.80 bits per heavy atom. The van der Waals surface area contributed by atoms with Gasteiger partial charge in [0.25, 0.3) is 5.91 Å². The van der Waals surface area contributed by atoms with Gasteiger partial charge in [-0.25, -0.2) is 15.0 Å². The van der Waals surface area contributed by atoms with E-state index in [0.29, 0.717) is 47.0 Å². The number of amides is 1. The lowest BCUT2D eigenvalue weighted by molar-refractivity contribution is -0.137. The number of fused-ring (bicyclic) bond motifs is 1. The van der Waals surface area contributed by atoms with Gasteiger partial charge in [-0.1, -0.05) is 6.07 Å². The number of rotatable bonds is 6. The van der Waals surface area contributed by atoms with Crippen molar-refractivity contribution in [1.82, 2.24) is 24.8 Å². The number of alkyl halides is 3. The molecule has 0 atom stereocenters. The second-order valence-corrected chi connectivity index (χ2v) is 9.48. The molecule has 3 heterocycles. The van der Waals surface area contributed by atoms with E-state index in [4.69, 9.17) is 4.74 Å². The summed E-state index contributed by atoms with van der Waals surface area (Å²) in [5.41, 5.74) is 2.19. The molecule has 13 heteroatoms. The van der Waals surface area contributed by atoms with E-state index in [1.807, 2.05) is 18.9 Å². The number of nitrogens with zero attached hydrogens (tertiary/aromatic N) is 6. The van der Waals surface area contributed by atoms with Crippen molar-refractivity contribution < 1.29 is 22.7 Å². The smallest absolute Gasteiger partial charge is 0.416 e. The number of carbonyl (C=O) groups excluding carboxylic acids is 1. The van der Waals surface area contributed by atoms with Crippen LogP contribution in [0.25, 0.3) is 11.0 Å². The third-order valence-electron chi connectivity index (χ3n) is 6.66. The first kappa shape index (κ1) is 27.1. The minimum absolute atomic E-state index is 0.0792. The predicted molar refractivity (Wildman–Crippen MR) is 145 cm³/mol. The van der Waals surface area contributed by atoms with Gasteiger partial charge in [0.1, 0.15) is 17.4 Å². The molecule has 5 rings (SSSR count). The van der Waals surface area contributed by atoms with Gasteiger partial charge in [-0.2, -0.15) is 18.2 Å². The van der Waals surface area contributed by atoms with E-state index in [1.165, 1.54) is 25.7 Å². The number of benzene rings is 2. The van der Waals surface area contributed by atoms with E-state index in [9.17, 15) is 18.0 Å². The lowest BCUT2D eigenvalue weighted by Gasteiger charge is -2.34. The van der Waals surface area contributed by atoms with Crippen LogP contribution in [-0.4, -0.2) is 71.1 Å². The Labute approximate surface area is 228 Å². The van der Waals surface area contributed by atoms with Crippen LogP contribution >= 0.6 is 0 Å². The van der Waals surface area contributed by atoms with E-state index < -0.39 is 17.6 Å². The van der Waals surface area contributed by atoms with Gasteiger partial charge in [-0.15, -0.1) is 0 Å². The first-order chi connectivity index (χ1) is 19.1. The van der Waals surface area contributed by atoms with Crippen LogP contribution in [0.1, 0.15) is 21.5 Å². The molecule has 0 saturated carbocycles. The largest absolute Gasteiger partial charge is 0.467 e. The number of ether oxygens (including phenoxy) is 1. The predicted octanol–water partition coefficient (Wildman–Crippen LogP) is 4.50. The zero-order valence-corrected chi connectivity index (χ0v) is 22.1. The van der Waals surface area contributed by atoms with Crippen molar-refractivity contribution in [2.75, 3.05) is 55.9 Å². The first-order valence-electron chi connectivity index (χ1n) is 12.5. The van der Waals surface area contributed by atoms with Gasteiger partial charge < -0.3 is 25.2 Å². The second-order valence-electron chi connectivity index (χ2n) is 9.48. The van der Waals surface area contributed by atoms with Crippen LogP contribution in [-0.2, 0) is 6.18 Å². The second kappa shape index (κ2) is 10.9. The highest BCUT2D eigenvalue weighted by Gasteiger charge is 2.32. The summed E-state index contributed by atoms with van der Waals surface area (Å²) < 4.78 is 46.3. The SMILES string of the molecule is COc1ncc2ncnc(Nc3cc(NC(=O)c4cc(N5CCN(C)CC5)cc(C(F)(F)F)c4)ccc3C)c2n1. The molecule has 2 aromatic heterocycles. The van der Waals surface area contributed by atoms with Crippen molar-refractivity contribution in [2.45, 2.75) is 13.1 Å². The average molecular weight is 553 g/mol. The Balaban J connectivity index is 1.42. The highest BCUT2D eigenvalue weighted by molar-refractivity contribution is 6.05. The number of likely N-dealkylation sites (N-methyl/N-ethyl adjacent to an activating group) is 1. The van der Waals surface area contributed by atoms with Crippen molar-refractivity contribution >= 4 is 39.8 Å². The van der Waals surface area contributed by atoms with Crippen LogP contribution < -0.4 is 20.3 Å². The topological polar surface area (TPSA) is 108 Å². The maximum absolute atomic E-state index is 13.7. The highest BCUT2D eigenvalue weighted by Crippen LogP contribution is 2.34. The van der Waals surface area contributed by atoms with Crippen LogP contribution in [0.15, 0.2) is 48.9 Å². The van der Waals surface area contributed by atoms with Gasteiger partial charge in [-0.3, -0.25) is 4.79 Å². The molecule has 1 saturated heterocycles. The summed E-state index contributed by atoms with van der Waals surface area (Å²) in [6.07, 6.45) is -1.71. The summed E-state index contributed by atoms with van der Waals surface area (Å²) in [5.74, 6) is -0.256. The Morgan fingerprint density at radius 1 is 1.02 bits per heavy atom. The number of nitrogens with one attached hydrogen (secondary N) is 2. The molecular formula is C27H27F3N8O2. The Kier molecular flexibility index (Phi) is 7.39. The number of methoxy groups -OCH3 is 1. The lowest BCUT2D eigenvalue weighted by atomic mass is 10.1. The zero-order chi connectivity index (χ0) is 28.4. The summed E-state index contributed by atoms with van der Waals surface area (Å²) in [6, 6.07) is 8.76. The Hall–Kier alpha value is -4.52. The number of halogens is 3. The molecule has 1 amide bonds. The van der Waals surface area contributed by atoms with Gasteiger partial charge in [-0.05, 0) is 49.9 Å². The van der Waals surface area contributed by atoms with Gasteiger partial charge in [0.05, 0.1) is 18.9 Å². The number of carbonyl (C=O) groups is 1. The molecule has 10 nitrogen and oxygen atoms in total. The minimum atomic E-state index is -4.59. The first-order valence-corrected chi connectivity index (χ1v) is 12.5. The molecule has 1 aliphatic rings. The molecule has 0 spiro atoms. The molecular weight excluding hydrogens is 525 g/mol. The molecule has 0 bridgehead atoms. The monoisotopic (exact) mass is 552 g/mol. The molecule has 0 aliphatic carbocycles. The normalized spacial score (nSPS) is 14.3. The molecule has 4 aromatic rings. The maximum Gasteiger partial charge on any atom is 0.416 e. The van der Waals surface area contributed by atoms with Crippen LogP contribution in [0, 0.1) is 6.92 Å². The molecule has 1 aliphatic heterocycles. The van der Waals surface area contributed by atoms with Crippen molar-refractivity contribution in [3.63, 3.8) is 0 Å². The fourth-order valence-corrected chi connectivity index (χ4v) is 4.35. The van der Waals surface area contributed by atoms with Gasteiger partial charge in [0, 0.05) is 48.8 Å². The maximum atomic E-state index is 13.7. The number of anilines is 4. The van der Waals surface area contributed by atoms with Crippen LogP contribution in [0.4, 0.5) is 36.1 Å². The van der Waals surface area contributed by atoms with E-state index in [1.54, 1.807) is 18.2 Å². The molecule has 2 N–H and O–H groups in total. The fraction of sp³-hybridized carbons (Fsp3) is 0.296. The number of aryl methyl sites for hydroxylation is 1. The molecule has 2 aromatic carbocycles. The Morgan fingerprint density at radius 3 is 2.52 bits per heavy atom. The number of piperazine rings is 1. The highest BCUT2D eigenvalue weighted by atomic mass is 19.4. The van der Waals surface area contributed by atoms with E-state index >= 15 is 0 Å².